The average Bonchev–Trinajstić information content (AvgIpc) is 2.21. The van der Waals surface area contributed by atoms with Gasteiger partial charge in [0.2, 0.25) is 0 Å². The fourth-order valence-corrected chi connectivity index (χ4v) is 1.69. The minimum atomic E-state index is 0. The van der Waals surface area contributed by atoms with Gasteiger partial charge in [-0.2, -0.15) is 0 Å². The standard InChI is InChI=1S/C13H28N.Na/c1-3-5-6-7-8-9-10-11-12-13-14-4-2;/h14H,2-13H2,1H3;/q-1;+1. The fraction of sp³-hybridized carbons (Fsp3) is 0.923. The fourth-order valence-electron chi connectivity index (χ4n) is 1.69. The number of unbranched alkanes of at least 4 members (excludes halogenated alkanes) is 8. The molecule has 0 aliphatic rings. The van der Waals surface area contributed by atoms with Gasteiger partial charge >= 0.3 is 29.6 Å². The number of rotatable bonds is 11. The van der Waals surface area contributed by atoms with Crippen LogP contribution >= 0.6 is 0 Å². The third-order valence-electron chi connectivity index (χ3n) is 2.63. The van der Waals surface area contributed by atoms with Crippen LogP contribution in [0.2, 0.25) is 0 Å². The molecule has 0 amide bonds. The molecule has 86 valence electrons. The molecule has 1 nitrogen and oxygen atoms in total. The van der Waals surface area contributed by atoms with Crippen molar-refractivity contribution in [3.05, 3.63) is 6.92 Å². The van der Waals surface area contributed by atoms with E-state index in [2.05, 4.69) is 19.2 Å². The molecule has 0 aliphatic heterocycles. The molecule has 0 rings (SSSR count). The van der Waals surface area contributed by atoms with E-state index in [1.54, 1.807) is 0 Å². The first-order chi connectivity index (χ1) is 6.91. The predicted molar refractivity (Wildman–Crippen MR) is 65.5 cm³/mol. The first-order valence-electron chi connectivity index (χ1n) is 6.41. The van der Waals surface area contributed by atoms with Crippen LogP contribution in [0.15, 0.2) is 0 Å². The average molecular weight is 221 g/mol. The molecule has 15 heavy (non-hydrogen) atoms. The number of hydrogen-bond donors (Lipinski definition) is 1. The summed E-state index contributed by atoms with van der Waals surface area (Å²) in [5.74, 6) is 0. The number of nitrogens with one attached hydrogen (secondary N) is 1. The van der Waals surface area contributed by atoms with Crippen molar-refractivity contribution in [2.24, 2.45) is 0 Å². The molecule has 0 spiro atoms. The molecule has 0 aromatic heterocycles. The van der Waals surface area contributed by atoms with Gasteiger partial charge in [-0.15, -0.1) is 6.54 Å². The van der Waals surface area contributed by atoms with E-state index in [1.165, 1.54) is 57.8 Å². The van der Waals surface area contributed by atoms with Crippen molar-refractivity contribution in [2.45, 2.75) is 64.7 Å². The molecular formula is C13H28NNa. The predicted octanol–water partition coefficient (Wildman–Crippen LogP) is 0.945. The molecule has 2 heteroatoms. The Kier molecular flexibility index (Phi) is 21.2. The van der Waals surface area contributed by atoms with Gasteiger partial charge in [0.05, 0.1) is 0 Å². The van der Waals surface area contributed by atoms with Crippen LogP contribution in [0.4, 0.5) is 0 Å². The Labute approximate surface area is 119 Å². The minimum Gasteiger partial charge on any atom is -0.346 e. The maximum atomic E-state index is 3.75. The third-order valence-corrected chi connectivity index (χ3v) is 2.63. The summed E-state index contributed by atoms with van der Waals surface area (Å²) in [5, 5.41) is 3.26. The van der Waals surface area contributed by atoms with E-state index in [0.717, 1.165) is 13.1 Å². The largest absolute Gasteiger partial charge is 1.00 e. The second-order valence-corrected chi connectivity index (χ2v) is 4.08. The molecule has 0 unspecified atom stereocenters. The molecule has 0 fully saturated rings. The zero-order chi connectivity index (χ0) is 10.5. The Morgan fingerprint density at radius 1 is 0.800 bits per heavy atom. The van der Waals surface area contributed by atoms with Gasteiger partial charge < -0.3 is 12.2 Å². The Balaban J connectivity index is 0. The van der Waals surface area contributed by atoms with Gasteiger partial charge in [-0.25, -0.2) is 0 Å². The van der Waals surface area contributed by atoms with Crippen LogP contribution in [0.1, 0.15) is 64.7 Å². The Bertz CT molecular complexity index is 84.5. The summed E-state index contributed by atoms with van der Waals surface area (Å²) in [4.78, 5) is 0. The van der Waals surface area contributed by atoms with Gasteiger partial charge in [-0.3, -0.25) is 0 Å². The first kappa shape index (κ1) is 18.3. The van der Waals surface area contributed by atoms with Gasteiger partial charge in [-0.1, -0.05) is 58.3 Å². The van der Waals surface area contributed by atoms with Gasteiger partial charge in [-0.05, 0) is 13.0 Å². The monoisotopic (exact) mass is 221 g/mol. The zero-order valence-corrected chi connectivity index (χ0v) is 13.0. The number of hydrogen-bond acceptors (Lipinski definition) is 1. The van der Waals surface area contributed by atoms with Crippen LogP contribution in [0, 0.1) is 6.92 Å². The summed E-state index contributed by atoms with van der Waals surface area (Å²) < 4.78 is 0. The Morgan fingerprint density at radius 2 is 1.27 bits per heavy atom. The van der Waals surface area contributed by atoms with Gasteiger partial charge in [0.25, 0.3) is 0 Å². The molecule has 0 saturated carbocycles. The molecule has 0 bridgehead atoms. The molecule has 0 aliphatic carbocycles. The smallest absolute Gasteiger partial charge is 0.346 e. The molecule has 0 atom stereocenters. The Hall–Kier alpha value is 0.960. The van der Waals surface area contributed by atoms with E-state index in [0.29, 0.717) is 0 Å². The van der Waals surface area contributed by atoms with Gasteiger partial charge in [0.1, 0.15) is 0 Å². The van der Waals surface area contributed by atoms with Crippen molar-refractivity contribution in [3.63, 3.8) is 0 Å². The summed E-state index contributed by atoms with van der Waals surface area (Å²) >= 11 is 0. The van der Waals surface area contributed by atoms with E-state index < -0.39 is 0 Å². The zero-order valence-electron chi connectivity index (χ0n) is 11.0. The van der Waals surface area contributed by atoms with Crippen LogP contribution in [0.5, 0.6) is 0 Å². The van der Waals surface area contributed by atoms with Crippen LogP contribution in [-0.4, -0.2) is 13.1 Å². The molecule has 0 aromatic carbocycles. The van der Waals surface area contributed by atoms with Crippen molar-refractivity contribution in [2.75, 3.05) is 13.1 Å². The second-order valence-electron chi connectivity index (χ2n) is 4.08. The normalized spacial score (nSPS) is 10.0. The van der Waals surface area contributed by atoms with Crippen molar-refractivity contribution in [1.82, 2.24) is 5.32 Å². The second kappa shape index (κ2) is 17.4. The maximum Gasteiger partial charge on any atom is 1.00 e. The summed E-state index contributed by atoms with van der Waals surface area (Å²) in [5.41, 5.74) is 0. The van der Waals surface area contributed by atoms with Crippen molar-refractivity contribution >= 4 is 0 Å². The van der Waals surface area contributed by atoms with Crippen LogP contribution in [0.25, 0.3) is 0 Å². The van der Waals surface area contributed by atoms with Gasteiger partial charge in [0.15, 0.2) is 0 Å². The third kappa shape index (κ3) is 17.6. The van der Waals surface area contributed by atoms with Crippen molar-refractivity contribution < 1.29 is 29.6 Å². The summed E-state index contributed by atoms with van der Waals surface area (Å²) in [6.45, 7) is 8.05. The molecule has 0 aromatic rings. The summed E-state index contributed by atoms with van der Waals surface area (Å²) in [6, 6.07) is 0. The SMILES string of the molecule is [CH2-]CNCCCCCCCCCCC.[Na+]. The maximum absolute atomic E-state index is 3.75. The molecule has 0 radical (unpaired) electrons. The van der Waals surface area contributed by atoms with Crippen LogP contribution in [0.3, 0.4) is 0 Å². The first-order valence-corrected chi connectivity index (χ1v) is 6.41. The van der Waals surface area contributed by atoms with E-state index >= 15 is 0 Å². The Morgan fingerprint density at radius 3 is 1.73 bits per heavy atom. The van der Waals surface area contributed by atoms with Crippen molar-refractivity contribution in [3.8, 4) is 0 Å². The van der Waals surface area contributed by atoms with E-state index in [9.17, 15) is 0 Å². The molecule has 0 heterocycles. The van der Waals surface area contributed by atoms with Crippen molar-refractivity contribution in [1.29, 1.82) is 0 Å². The van der Waals surface area contributed by atoms with Crippen LogP contribution < -0.4 is 34.9 Å². The topological polar surface area (TPSA) is 12.0 Å². The van der Waals surface area contributed by atoms with Crippen LogP contribution in [-0.2, 0) is 0 Å². The van der Waals surface area contributed by atoms with E-state index in [4.69, 9.17) is 0 Å². The quantitative estimate of drug-likeness (QED) is 0.311. The van der Waals surface area contributed by atoms with E-state index in [-0.39, 0.29) is 29.6 Å². The molecule has 0 saturated heterocycles. The summed E-state index contributed by atoms with van der Waals surface area (Å²) in [6.07, 6.45) is 12.7. The molecular weight excluding hydrogens is 193 g/mol. The van der Waals surface area contributed by atoms with E-state index in [1.807, 2.05) is 0 Å². The minimum absolute atomic E-state index is 0. The molecule has 1 N–H and O–H groups in total. The summed E-state index contributed by atoms with van der Waals surface area (Å²) in [7, 11) is 0. The van der Waals surface area contributed by atoms with Gasteiger partial charge in [0, 0.05) is 0 Å².